The molecule has 5 rings (SSSR count). The van der Waals surface area contributed by atoms with Crippen molar-refractivity contribution in [2.45, 2.75) is 64.6 Å². The molecule has 160 valence electrons. The summed E-state index contributed by atoms with van der Waals surface area (Å²) in [6.45, 7) is 6.75. The maximum atomic E-state index is 5.93. The van der Waals surface area contributed by atoms with Crippen LogP contribution < -0.4 is 5.32 Å². The minimum absolute atomic E-state index is 0.0534. The lowest BCUT2D eigenvalue weighted by atomic mass is 9.92. The van der Waals surface area contributed by atoms with Crippen LogP contribution in [0.3, 0.4) is 0 Å². The van der Waals surface area contributed by atoms with E-state index < -0.39 is 0 Å². The Bertz CT molecular complexity index is 1080. The highest BCUT2D eigenvalue weighted by molar-refractivity contribution is 7.80. The summed E-state index contributed by atoms with van der Waals surface area (Å²) < 4.78 is 2.40. The van der Waals surface area contributed by atoms with E-state index in [4.69, 9.17) is 17.2 Å². The highest BCUT2D eigenvalue weighted by atomic mass is 32.1. The molecular formula is C26H30N4S. The van der Waals surface area contributed by atoms with Crippen LogP contribution in [0.4, 0.5) is 0 Å². The van der Waals surface area contributed by atoms with Crippen molar-refractivity contribution in [2.24, 2.45) is 0 Å². The van der Waals surface area contributed by atoms with Crippen LogP contribution in [0.1, 0.15) is 66.0 Å². The van der Waals surface area contributed by atoms with Crippen LogP contribution in [0.5, 0.6) is 0 Å². The maximum absolute atomic E-state index is 5.93. The summed E-state index contributed by atoms with van der Waals surface area (Å²) in [6, 6.07) is 17.5. The van der Waals surface area contributed by atoms with Crippen LogP contribution in [-0.4, -0.2) is 25.6 Å². The van der Waals surface area contributed by atoms with E-state index in [-0.39, 0.29) is 12.1 Å². The minimum Gasteiger partial charge on any atom is -0.352 e. The van der Waals surface area contributed by atoms with Gasteiger partial charge in [0.1, 0.15) is 0 Å². The molecule has 4 nitrogen and oxygen atoms in total. The molecule has 1 N–H and O–H groups in total. The Morgan fingerprint density at radius 2 is 1.65 bits per heavy atom. The zero-order valence-corrected chi connectivity index (χ0v) is 19.3. The van der Waals surface area contributed by atoms with Gasteiger partial charge in [-0.15, -0.1) is 0 Å². The van der Waals surface area contributed by atoms with Crippen molar-refractivity contribution in [1.82, 2.24) is 19.8 Å². The summed E-state index contributed by atoms with van der Waals surface area (Å²) in [5, 5.41) is 4.53. The van der Waals surface area contributed by atoms with Crippen LogP contribution in [0.25, 0.3) is 5.69 Å². The number of rotatable bonds is 4. The van der Waals surface area contributed by atoms with Crippen molar-refractivity contribution in [2.75, 3.05) is 0 Å². The zero-order valence-electron chi connectivity index (χ0n) is 18.5. The summed E-state index contributed by atoms with van der Waals surface area (Å²) in [5.74, 6) is 0. The molecule has 3 aromatic rings. The van der Waals surface area contributed by atoms with Crippen molar-refractivity contribution in [3.63, 3.8) is 0 Å². The Kier molecular flexibility index (Phi) is 5.30. The van der Waals surface area contributed by atoms with Gasteiger partial charge in [0.15, 0.2) is 5.11 Å². The molecular weight excluding hydrogens is 400 g/mol. The lowest BCUT2D eigenvalue weighted by Gasteiger charge is -2.33. The quantitative estimate of drug-likeness (QED) is 0.537. The normalized spacial score (nSPS) is 21.6. The summed E-state index contributed by atoms with van der Waals surface area (Å²) in [5.41, 5.74) is 7.59. The highest BCUT2D eigenvalue weighted by Gasteiger charge is 2.45. The number of nitrogens with one attached hydrogen (secondary N) is 1. The van der Waals surface area contributed by atoms with Gasteiger partial charge in [-0.05, 0) is 75.7 Å². The zero-order chi connectivity index (χ0) is 21.5. The van der Waals surface area contributed by atoms with Crippen LogP contribution in [-0.2, 0) is 0 Å². The summed E-state index contributed by atoms with van der Waals surface area (Å²) in [6.07, 6.45) is 6.88. The summed E-state index contributed by atoms with van der Waals surface area (Å²) in [4.78, 5) is 7.23. The number of hydrogen-bond acceptors (Lipinski definition) is 2. The first-order valence-electron chi connectivity index (χ1n) is 11.3. The number of thiocarbonyl (C=S) groups is 1. The van der Waals surface area contributed by atoms with E-state index in [0.717, 1.165) is 10.8 Å². The monoisotopic (exact) mass is 430 g/mol. The van der Waals surface area contributed by atoms with Gasteiger partial charge < -0.3 is 14.8 Å². The number of aromatic nitrogens is 2. The number of hydrogen-bond donors (Lipinski definition) is 1. The van der Waals surface area contributed by atoms with E-state index in [1.165, 1.54) is 53.9 Å². The molecule has 2 fully saturated rings. The van der Waals surface area contributed by atoms with Gasteiger partial charge in [0.2, 0.25) is 0 Å². The van der Waals surface area contributed by atoms with E-state index in [9.17, 15) is 0 Å². The highest BCUT2D eigenvalue weighted by Crippen LogP contribution is 2.46. The molecule has 2 atom stereocenters. The predicted octanol–water partition coefficient (Wildman–Crippen LogP) is 5.71. The topological polar surface area (TPSA) is 33.1 Å². The number of benzene rings is 1. The van der Waals surface area contributed by atoms with Crippen molar-refractivity contribution < 1.29 is 0 Å². The van der Waals surface area contributed by atoms with E-state index in [1.807, 2.05) is 12.3 Å². The molecule has 2 aromatic heterocycles. The SMILES string of the molecule is Cc1c(C2C(c3ccccn3)NC(=S)N2C2CCCC2)c(C)n(-c2ccccc2)c1C. The van der Waals surface area contributed by atoms with Gasteiger partial charge in [-0.25, -0.2) is 0 Å². The standard InChI is InChI=1S/C26H30N4S/c1-17-18(2)29(20-11-5-4-6-12-20)19(3)23(17)25-24(22-15-9-10-16-27-22)28-26(31)30(25)21-13-7-8-14-21/h4-6,9-12,15-16,21,24-25H,7-8,13-14H2,1-3H3,(H,28,31). The second-order valence-electron chi connectivity index (χ2n) is 8.85. The van der Waals surface area contributed by atoms with Crippen molar-refractivity contribution in [3.8, 4) is 5.69 Å². The molecule has 0 spiro atoms. The van der Waals surface area contributed by atoms with Crippen LogP contribution >= 0.6 is 12.2 Å². The molecule has 0 bridgehead atoms. The predicted molar refractivity (Wildman–Crippen MR) is 130 cm³/mol. The van der Waals surface area contributed by atoms with Gasteiger partial charge in [-0.3, -0.25) is 4.98 Å². The minimum atomic E-state index is 0.0534. The Labute approximate surface area is 190 Å². The maximum Gasteiger partial charge on any atom is 0.170 e. The number of para-hydroxylation sites is 1. The van der Waals surface area contributed by atoms with Gasteiger partial charge in [0.25, 0.3) is 0 Å². The van der Waals surface area contributed by atoms with E-state index in [0.29, 0.717) is 6.04 Å². The third-order valence-electron chi connectivity index (χ3n) is 7.17. The summed E-state index contributed by atoms with van der Waals surface area (Å²) in [7, 11) is 0. The third kappa shape index (κ3) is 3.35. The molecule has 5 heteroatoms. The molecule has 0 amide bonds. The van der Waals surface area contributed by atoms with Crippen LogP contribution in [0.15, 0.2) is 54.7 Å². The largest absolute Gasteiger partial charge is 0.352 e. The van der Waals surface area contributed by atoms with Crippen LogP contribution in [0.2, 0.25) is 0 Å². The summed E-state index contributed by atoms with van der Waals surface area (Å²) >= 11 is 5.93. The fraction of sp³-hybridized carbons (Fsp3) is 0.385. The van der Waals surface area contributed by atoms with Gasteiger partial charge in [0.05, 0.1) is 17.8 Å². The molecule has 2 aliphatic rings. The second-order valence-corrected chi connectivity index (χ2v) is 9.24. The van der Waals surface area contributed by atoms with Gasteiger partial charge >= 0.3 is 0 Å². The fourth-order valence-electron chi connectivity index (χ4n) is 5.66. The van der Waals surface area contributed by atoms with Gasteiger partial charge in [0, 0.05) is 34.9 Å². The number of pyridine rings is 1. The molecule has 3 heterocycles. The average Bonchev–Trinajstić information content (AvgIpc) is 3.48. The Balaban J connectivity index is 1.68. The van der Waals surface area contributed by atoms with Crippen molar-refractivity contribution in [1.29, 1.82) is 0 Å². The van der Waals surface area contributed by atoms with Crippen molar-refractivity contribution >= 4 is 17.3 Å². The van der Waals surface area contributed by atoms with Gasteiger partial charge in [-0.1, -0.05) is 37.1 Å². The molecule has 1 saturated heterocycles. The molecule has 1 aromatic carbocycles. The first kappa shape index (κ1) is 20.3. The van der Waals surface area contributed by atoms with E-state index in [2.05, 4.69) is 78.0 Å². The first-order valence-corrected chi connectivity index (χ1v) is 11.7. The first-order chi connectivity index (χ1) is 15.1. The lowest BCUT2D eigenvalue weighted by molar-refractivity contribution is 0.244. The Morgan fingerprint density at radius 3 is 2.32 bits per heavy atom. The molecule has 1 aliphatic heterocycles. The average molecular weight is 431 g/mol. The number of nitrogens with zero attached hydrogens (tertiary/aromatic N) is 3. The van der Waals surface area contributed by atoms with Gasteiger partial charge in [-0.2, -0.15) is 0 Å². The van der Waals surface area contributed by atoms with Crippen molar-refractivity contribution in [3.05, 3.63) is 82.9 Å². The Hall–Kier alpha value is -2.66. The molecule has 1 aliphatic carbocycles. The lowest BCUT2D eigenvalue weighted by Crippen LogP contribution is -2.38. The molecule has 2 unspecified atom stereocenters. The van der Waals surface area contributed by atoms with E-state index >= 15 is 0 Å². The molecule has 0 radical (unpaired) electrons. The smallest absolute Gasteiger partial charge is 0.170 e. The Morgan fingerprint density at radius 1 is 0.935 bits per heavy atom. The second kappa shape index (κ2) is 8.12. The molecule has 1 saturated carbocycles. The van der Waals surface area contributed by atoms with Crippen LogP contribution in [0, 0.1) is 20.8 Å². The molecule has 31 heavy (non-hydrogen) atoms. The fourth-order valence-corrected chi connectivity index (χ4v) is 6.05. The van der Waals surface area contributed by atoms with E-state index in [1.54, 1.807) is 0 Å². The third-order valence-corrected chi connectivity index (χ3v) is 7.50.